The summed E-state index contributed by atoms with van der Waals surface area (Å²) in [6.07, 6.45) is 0. The van der Waals surface area contributed by atoms with Crippen molar-refractivity contribution >= 4 is 71.9 Å². The Kier molecular flexibility index (Phi) is 5.60. The van der Waals surface area contributed by atoms with E-state index in [1.165, 1.54) is 63.6 Å². The number of benzene rings is 6. The normalized spacial score (nSPS) is 13.5. The molecule has 0 radical (unpaired) electrons. The van der Waals surface area contributed by atoms with Gasteiger partial charge in [0.25, 0.3) is 0 Å². The van der Waals surface area contributed by atoms with Crippen LogP contribution in [-0.4, -0.2) is 22.6 Å². The maximum absolute atomic E-state index is 5.48. The third kappa shape index (κ3) is 3.72. The van der Waals surface area contributed by atoms with Gasteiger partial charge in [-0.25, -0.2) is 9.97 Å². The summed E-state index contributed by atoms with van der Waals surface area (Å²) < 4.78 is 5.11. The molecular weight excluding hydrogens is 607 g/mol. The molecule has 0 bridgehead atoms. The Morgan fingerprint density at radius 2 is 1.28 bits per heavy atom. The number of hydrogen-bond acceptors (Lipinski definition) is 3. The zero-order chi connectivity index (χ0) is 31.3. The Morgan fingerprint density at radius 3 is 2.15 bits per heavy atom. The Labute approximate surface area is 277 Å². The second kappa shape index (κ2) is 9.82. The zero-order valence-corrected chi connectivity index (χ0v) is 27.8. The van der Waals surface area contributed by atoms with E-state index in [1.807, 2.05) is 11.3 Å². The predicted octanol–water partition coefficient (Wildman–Crippen LogP) is 10.1. The van der Waals surface area contributed by atoms with Gasteiger partial charge in [0.2, 0.25) is 0 Å². The first-order valence-corrected chi connectivity index (χ1v) is 19.9. The second-order valence-electron chi connectivity index (χ2n) is 13.0. The molecule has 222 valence electrons. The maximum atomic E-state index is 5.48. The molecule has 0 aliphatic carbocycles. The summed E-state index contributed by atoms with van der Waals surface area (Å²) in [5, 5.41) is 7.78. The molecule has 47 heavy (non-hydrogen) atoms. The van der Waals surface area contributed by atoms with Gasteiger partial charge < -0.3 is 4.57 Å². The minimum Gasteiger partial charge on any atom is -0.308 e. The van der Waals surface area contributed by atoms with E-state index in [0.29, 0.717) is 0 Å². The van der Waals surface area contributed by atoms with E-state index in [1.54, 1.807) is 0 Å². The number of rotatable bonds is 3. The lowest BCUT2D eigenvalue weighted by Crippen LogP contribution is -2.50. The van der Waals surface area contributed by atoms with Gasteiger partial charge in [0.15, 0.2) is 5.82 Å². The minimum absolute atomic E-state index is 0.788. The van der Waals surface area contributed by atoms with E-state index in [9.17, 15) is 0 Å². The lowest BCUT2D eigenvalue weighted by molar-refractivity contribution is 1.16. The summed E-state index contributed by atoms with van der Waals surface area (Å²) in [5.41, 5.74) is 9.20. The van der Waals surface area contributed by atoms with Crippen LogP contribution in [-0.2, 0) is 0 Å². The van der Waals surface area contributed by atoms with Crippen LogP contribution in [0.3, 0.4) is 0 Å². The maximum Gasteiger partial charge on any atom is 0.159 e. The van der Waals surface area contributed by atoms with Gasteiger partial charge in [-0.2, -0.15) is 0 Å². The van der Waals surface area contributed by atoms with Crippen LogP contribution in [0.25, 0.3) is 81.4 Å². The fourth-order valence-corrected chi connectivity index (χ4v) is 11.9. The third-order valence-electron chi connectivity index (χ3n) is 9.98. The summed E-state index contributed by atoms with van der Waals surface area (Å²) in [6.45, 7) is 4.86. The molecule has 1 aliphatic rings. The number of hydrogen-bond donors (Lipinski definition) is 0. The fraction of sp³-hybridized carbons (Fsp3) is 0.0476. The number of aromatic nitrogens is 3. The highest BCUT2D eigenvalue weighted by atomic mass is 32.1. The van der Waals surface area contributed by atoms with Crippen LogP contribution in [0.15, 0.2) is 140 Å². The van der Waals surface area contributed by atoms with E-state index in [-0.39, 0.29) is 0 Å². The summed E-state index contributed by atoms with van der Waals surface area (Å²) in [7, 11) is -2.10. The van der Waals surface area contributed by atoms with Crippen LogP contribution < -0.4 is 10.5 Å². The zero-order valence-electron chi connectivity index (χ0n) is 26.0. The third-order valence-corrected chi connectivity index (χ3v) is 14.4. The Morgan fingerprint density at radius 1 is 0.574 bits per heavy atom. The van der Waals surface area contributed by atoms with E-state index < -0.39 is 8.07 Å². The molecule has 0 N–H and O–H groups in total. The van der Waals surface area contributed by atoms with Gasteiger partial charge in [-0.15, -0.1) is 11.3 Å². The van der Waals surface area contributed by atoms with Gasteiger partial charge in [0.1, 0.15) is 8.07 Å². The first-order chi connectivity index (χ1) is 23.1. The van der Waals surface area contributed by atoms with Gasteiger partial charge in [-0.1, -0.05) is 128 Å². The molecule has 0 saturated carbocycles. The van der Waals surface area contributed by atoms with Crippen LogP contribution >= 0.6 is 11.3 Å². The standard InChI is InChI=1S/C42H29N3SSi/c1-47(2)36-23-13-9-19-31(36)38-39(43-41(44-42(38)47)26-14-4-3-5-15-26)29-17-7-11-21-33(29)45-32-20-10-6-16-27(32)28-24-25-35-37(40(28)45)30-18-8-12-22-34(30)46-35/h3-25H,1-2H3. The van der Waals surface area contributed by atoms with Crippen LogP contribution in [0.2, 0.25) is 13.1 Å². The van der Waals surface area contributed by atoms with Crippen molar-refractivity contribution in [2.45, 2.75) is 13.1 Å². The summed E-state index contributed by atoms with van der Waals surface area (Å²) >= 11 is 1.87. The molecule has 0 saturated heterocycles. The van der Waals surface area contributed by atoms with Crippen LogP contribution in [0.5, 0.6) is 0 Å². The topological polar surface area (TPSA) is 30.7 Å². The van der Waals surface area contributed by atoms with Gasteiger partial charge in [-0.05, 0) is 35.0 Å². The largest absolute Gasteiger partial charge is 0.308 e. The molecule has 9 aromatic rings. The van der Waals surface area contributed by atoms with Crippen molar-refractivity contribution in [3.05, 3.63) is 140 Å². The molecule has 3 aromatic heterocycles. The first kappa shape index (κ1) is 26.8. The molecule has 0 atom stereocenters. The fourth-order valence-electron chi connectivity index (χ4n) is 7.84. The van der Waals surface area contributed by atoms with E-state index in [2.05, 4.69) is 157 Å². The summed E-state index contributed by atoms with van der Waals surface area (Å²) in [5.74, 6) is 0.788. The summed E-state index contributed by atoms with van der Waals surface area (Å²) in [4.78, 5) is 10.9. The monoisotopic (exact) mass is 635 g/mol. The van der Waals surface area contributed by atoms with Crippen molar-refractivity contribution in [1.82, 2.24) is 14.5 Å². The van der Waals surface area contributed by atoms with Crippen molar-refractivity contribution in [1.29, 1.82) is 0 Å². The lowest BCUT2D eigenvalue weighted by atomic mass is 9.99. The smallest absolute Gasteiger partial charge is 0.159 e. The molecular formula is C42H29N3SSi. The molecule has 0 amide bonds. The van der Waals surface area contributed by atoms with Gasteiger partial charge >= 0.3 is 0 Å². The molecule has 5 heteroatoms. The van der Waals surface area contributed by atoms with Crippen molar-refractivity contribution in [2.24, 2.45) is 0 Å². The lowest BCUT2D eigenvalue weighted by Gasteiger charge is -2.20. The highest BCUT2D eigenvalue weighted by Gasteiger charge is 2.41. The van der Waals surface area contributed by atoms with E-state index >= 15 is 0 Å². The van der Waals surface area contributed by atoms with Gasteiger partial charge in [0.05, 0.1) is 22.4 Å². The quantitative estimate of drug-likeness (QED) is 0.181. The Balaban J connectivity index is 1.37. The predicted molar refractivity (Wildman–Crippen MR) is 202 cm³/mol. The Bertz CT molecular complexity index is 2720. The number of fused-ring (bicyclic) bond motifs is 10. The highest BCUT2D eigenvalue weighted by Crippen LogP contribution is 2.45. The van der Waals surface area contributed by atoms with Gasteiger partial charge in [-0.3, -0.25) is 0 Å². The SMILES string of the molecule is C[Si]1(C)c2ccccc2-c2c(-c3ccccc3-n3c4ccccc4c4ccc5sc6ccccc6c5c43)nc(-c3ccccc3)nc21. The average molecular weight is 636 g/mol. The molecule has 3 nitrogen and oxygen atoms in total. The molecule has 10 rings (SSSR count). The Hall–Kier alpha value is -5.36. The van der Waals surface area contributed by atoms with E-state index in [0.717, 1.165) is 28.3 Å². The first-order valence-electron chi connectivity index (χ1n) is 16.1. The van der Waals surface area contributed by atoms with E-state index in [4.69, 9.17) is 9.97 Å². The number of nitrogens with zero attached hydrogens (tertiary/aromatic N) is 3. The number of para-hydroxylation sites is 2. The van der Waals surface area contributed by atoms with Crippen LogP contribution in [0, 0.1) is 0 Å². The van der Waals surface area contributed by atoms with Crippen molar-refractivity contribution in [3.8, 4) is 39.5 Å². The number of thiophene rings is 1. The highest BCUT2D eigenvalue weighted by molar-refractivity contribution is 7.26. The molecule has 6 aromatic carbocycles. The van der Waals surface area contributed by atoms with Gasteiger partial charge in [0, 0.05) is 53.0 Å². The minimum atomic E-state index is -2.10. The summed E-state index contributed by atoms with van der Waals surface area (Å²) in [6, 6.07) is 50.5. The van der Waals surface area contributed by atoms with Crippen LogP contribution in [0.4, 0.5) is 0 Å². The molecule has 0 fully saturated rings. The molecule has 0 unspecified atom stereocenters. The van der Waals surface area contributed by atoms with Crippen molar-refractivity contribution < 1.29 is 0 Å². The van der Waals surface area contributed by atoms with Crippen molar-refractivity contribution in [2.75, 3.05) is 0 Å². The average Bonchev–Trinajstić information content (AvgIpc) is 3.74. The van der Waals surface area contributed by atoms with Crippen molar-refractivity contribution in [3.63, 3.8) is 0 Å². The molecule has 4 heterocycles. The molecule has 1 aliphatic heterocycles. The van der Waals surface area contributed by atoms with Crippen LogP contribution in [0.1, 0.15) is 0 Å². The second-order valence-corrected chi connectivity index (χ2v) is 18.3. The molecule has 0 spiro atoms.